The first-order chi connectivity index (χ1) is 11.5. The molecule has 2 saturated heterocycles. The molecule has 6 heteroatoms. The van der Waals surface area contributed by atoms with Gasteiger partial charge < -0.3 is 9.80 Å². The van der Waals surface area contributed by atoms with Crippen LogP contribution in [0.2, 0.25) is 0 Å². The van der Waals surface area contributed by atoms with Gasteiger partial charge in [0.2, 0.25) is 0 Å². The van der Waals surface area contributed by atoms with Crippen LogP contribution in [0.4, 0.5) is 4.39 Å². The van der Waals surface area contributed by atoms with Gasteiger partial charge >= 0.3 is 0 Å². The Bertz CT molecular complexity index is 789. The molecule has 0 spiro atoms. The van der Waals surface area contributed by atoms with Crippen LogP contribution in [0.15, 0.2) is 30.5 Å². The number of H-pyrrole nitrogens is 1. The normalized spacial score (nSPS) is 26.8. The van der Waals surface area contributed by atoms with Gasteiger partial charge in [0, 0.05) is 37.2 Å². The van der Waals surface area contributed by atoms with E-state index < -0.39 is 0 Å². The van der Waals surface area contributed by atoms with Crippen LogP contribution in [0.3, 0.4) is 0 Å². The smallest absolute Gasteiger partial charge is 0.257 e. The van der Waals surface area contributed by atoms with E-state index in [0.717, 1.165) is 26.2 Å². The fraction of sp³-hybridized carbons (Fsp3) is 0.444. The van der Waals surface area contributed by atoms with Crippen LogP contribution in [0.25, 0.3) is 11.3 Å². The Labute approximate surface area is 140 Å². The van der Waals surface area contributed by atoms with Crippen molar-refractivity contribution in [2.24, 2.45) is 11.3 Å². The van der Waals surface area contributed by atoms with Crippen molar-refractivity contribution in [3.63, 3.8) is 0 Å². The zero-order chi connectivity index (χ0) is 16.9. The van der Waals surface area contributed by atoms with Crippen molar-refractivity contribution in [2.45, 2.75) is 6.92 Å². The van der Waals surface area contributed by atoms with E-state index in [1.165, 1.54) is 12.3 Å². The third-order valence-corrected chi connectivity index (χ3v) is 5.44. The molecule has 2 aliphatic heterocycles. The molecule has 1 N–H and O–H groups in total. The fourth-order valence-electron chi connectivity index (χ4n) is 4.27. The summed E-state index contributed by atoms with van der Waals surface area (Å²) >= 11 is 0. The Morgan fingerprint density at radius 2 is 2.12 bits per heavy atom. The number of carbonyl (C=O) groups is 1. The first-order valence-corrected chi connectivity index (χ1v) is 8.24. The molecule has 2 atom stereocenters. The third kappa shape index (κ3) is 2.33. The van der Waals surface area contributed by atoms with Crippen molar-refractivity contribution >= 4 is 5.91 Å². The molecule has 0 bridgehead atoms. The van der Waals surface area contributed by atoms with Crippen molar-refractivity contribution in [3.05, 3.63) is 41.8 Å². The van der Waals surface area contributed by atoms with Crippen molar-refractivity contribution in [2.75, 3.05) is 33.2 Å². The Morgan fingerprint density at radius 3 is 2.88 bits per heavy atom. The van der Waals surface area contributed by atoms with Crippen LogP contribution in [0, 0.1) is 17.2 Å². The summed E-state index contributed by atoms with van der Waals surface area (Å²) in [5.41, 5.74) is 1.42. The summed E-state index contributed by atoms with van der Waals surface area (Å²) in [4.78, 5) is 17.2. The van der Waals surface area contributed by atoms with Gasteiger partial charge in [0.25, 0.3) is 5.91 Å². The van der Waals surface area contributed by atoms with Gasteiger partial charge in [0.15, 0.2) is 0 Å². The van der Waals surface area contributed by atoms with E-state index in [1.54, 1.807) is 18.2 Å². The number of aromatic amines is 1. The number of fused-ring (bicyclic) bond motifs is 1. The van der Waals surface area contributed by atoms with Gasteiger partial charge in [-0.05, 0) is 25.1 Å². The van der Waals surface area contributed by atoms with Crippen molar-refractivity contribution in [3.8, 4) is 11.3 Å². The van der Waals surface area contributed by atoms with E-state index in [4.69, 9.17) is 0 Å². The van der Waals surface area contributed by atoms with Gasteiger partial charge in [0.1, 0.15) is 5.82 Å². The van der Waals surface area contributed by atoms with E-state index in [0.29, 0.717) is 22.7 Å². The molecule has 2 aromatic rings. The Morgan fingerprint density at radius 1 is 1.33 bits per heavy atom. The second-order valence-electron chi connectivity index (χ2n) is 7.37. The largest absolute Gasteiger partial charge is 0.338 e. The molecule has 2 aliphatic rings. The summed E-state index contributed by atoms with van der Waals surface area (Å²) in [7, 11) is 2.13. The number of aromatic nitrogens is 2. The van der Waals surface area contributed by atoms with Crippen molar-refractivity contribution in [1.82, 2.24) is 20.0 Å². The molecule has 126 valence electrons. The molecule has 1 aromatic heterocycles. The lowest BCUT2D eigenvalue weighted by atomic mass is 9.83. The second-order valence-corrected chi connectivity index (χ2v) is 7.37. The lowest BCUT2D eigenvalue weighted by Crippen LogP contribution is -2.34. The van der Waals surface area contributed by atoms with Crippen LogP contribution in [0.5, 0.6) is 0 Å². The van der Waals surface area contributed by atoms with Crippen molar-refractivity contribution < 1.29 is 9.18 Å². The van der Waals surface area contributed by atoms with E-state index in [2.05, 4.69) is 29.1 Å². The number of benzene rings is 1. The standard InChI is InChI=1S/C18H21FN4O/c1-18-10-22(2)8-12(18)9-23(11-18)17(24)14-7-20-21-16(14)13-5-3-4-6-15(13)19/h3-7,12H,8-11H2,1-2H3,(H,20,21)/t12-,18+/m1/s1. The first kappa shape index (κ1) is 15.3. The monoisotopic (exact) mass is 328 g/mol. The molecular weight excluding hydrogens is 307 g/mol. The number of amides is 1. The quantitative estimate of drug-likeness (QED) is 0.920. The highest BCUT2D eigenvalue weighted by Crippen LogP contribution is 2.42. The second kappa shape index (κ2) is 5.41. The lowest BCUT2D eigenvalue weighted by molar-refractivity contribution is 0.0766. The summed E-state index contributed by atoms with van der Waals surface area (Å²) < 4.78 is 14.1. The van der Waals surface area contributed by atoms with Gasteiger partial charge in [-0.15, -0.1) is 0 Å². The summed E-state index contributed by atoms with van der Waals surface area (Å²) in [5, 5.41) is 6.77. The number of likely N-dealkylation sites (tertiary alicyclic amines) is 2. The maximum atomic E-state index is 14.1. The van der Waals surface area contributed by atoms with Crippen LogP contribution in [-0.4, -0.2) is 59.1 Å². The molecule has 0 unspecified atom stereocenters. The van der Waals surface area contributed by atoms with Gasteiger partial charge in [-0.1, -0.05) is 19.1 Å². The SMILES string of the molecule is CN1C[C@@H]2CN(C(=O)c3cn[nH]c3-c3ccccc3F)C[C@]2(C)C1. The number of carbonyl (C=O) groups excluding carboxylic acids is 1. The minimum absolute atomic E-state index is 0.0692. The van der Waals surface area contributed by atoms with E-state index >= 15 is 0 Å². The molecule has 1 aromatic carbocycles. The van der Waals surface area contributed by atoms with Crippen molar-refractivity contribution in [1.29, 1.82) is 0 Å². The number of rotatable bonds is 2. The highest BCUT2D eigenvalue weighted by Gasteiger charge is 2.49. The minimum atomic E-state index is -0.359. The average Bonchev–Trinajstić information content (AvgIpc) is 3.18. The molecule has 0 radical (unpaired) electrons. The summed E-state index contributed by atoms with van der Waals surface area (Å²) in [6.07, 6.45) is 1.51. The van der Waals surface area contributed by atoms with Crippen LogP contribution in [-0.2, 0) is 0 Å². The molecular formula is C18H21FN4O. The van der Waals surface area contributed by atoms with Crippen LogP contribution >= 0.6 is 0 Å². The van der Waals surface area contributed by atoms with Gasteiger partial charge in [-0.25, -0.2) is 4.39 Å². The van der Waals surface area contributed by atoms with Gasteiger partial charge in [-0.2, -0.15) is 5.10 Å². The van der Waals surface area contributed by atoms with Crippen LogP contribution in [0.1, 0.15) is 17.3 Å². The average molecular weight is 328 g/mol. The Kier molecular flexibility index (Phi) is 3.46. The minimum Gasteiger partial charge on any atom is -0.338 e. The van der Waals surface area contributed by atoms with Gasteiger partial charge in [-0.3, -0.25) is 9.89 Å². The highest BCUT2D eigenvalue weighted by atomic mass is 19.1. The Balaban J connectivity index is 1.62. The van der Waals surface area contributed by atoms with Crippen LogP contribution < -0.4 is 0 Å². The molecule has 4 rings (SSSR count). The van der Waals surface area contributed by atoms with E-state index in [-0.39, 0.29) is 17.1 Å². The zero-order valence-electron chi connectivity index (χ0n) is 13.9. The Hall–Kier alpha value is -2.21. The molecule has 0 saturated carbocycles. The number of nitrogens with zero attached hydrogens (tertiary/aromatic N) is 3. The predicted molar refractivity (Wildman–Crippen MR) is 89.0 cm³/mol. The summed E-state index contributed by atoms with van der Waals surface area (Å²) in [6, 6.07) is 6.44. The first-order valence-electron chi connectivity index (χ1n) is 8.24. The number of nitrogens with one attached hydrogen (secondary N) is 1. The number of hydrogen-bond donors (Lipinski definition) is 1. The molecule has 5 nitrogen and oxygen atoms in total. The molecule has 1 amide bonds. The fourth-order valence-corrected chi connectivity index (χ4v) is 4.27. The van der Waals surface area contributed by atoms with E-state index in [9.17, 15) is 9.18 Å². The number of halogens is 1. The topological polar surface area (TPSA) is 52.2 Å². The molecule has 0 aliphatic carbocycles. The summed E-state index contributed by atoms with van der Waals surface area (Å²) in [6.45, 7) is 5.77. The lowest BCUT2D eigenvalue weighted by Gasteiger charge is -2.24. The molecule has 24 heavy (non-hydrogen) atoms. The highest BCUT2D eigenvalue weighted by molar-refractivity contribution is 6.00. The maximum Gasteiger partial charge on any atom is 0.257 e. The zero-order valence-corrected chi connectivity index (χ0v) is 13.9. The third-order valence-electron chi connectivity index (χ3n) is 5.44. The molecule has 3 heterocycles. The van der Waals surface area contributed by atoms with Gasteiger partial charge in [0.05, 0.1) is 17.5 Å². The summed E-state index contributed by atoms with van der Waals surface area (Å²) in [5.74, 6) is 0.0678. The predicted octanol–water partition coefficient (Wildman–Crippen LogP) is 2.24. The molecule has 2 fully saturated rings. The maximum absolute atomic E-state index is 14.1. The van der Waals surface area contributed by atoms with E-state index in [1.807, 2.05) is 4.90 Å². The number of hydrogen-bond acceptors (Lipinski definition) is 3.